The van der Waals surface area contributed by atoms with Crippen LogP contribution in [0.15, 0.2) is 30.3 Å². The third-order valence-corrected chi connectivity index (χ3v) is 5.13. The van der Waals surface area contributed by atoms with Gasteiger partial charge in [-0.2, -0.15) is 0 Å². The summed E-state index contributed by atoms with van der Waals surface area (Å²) in [6.07, 6.45) is 0.510. The molecule has 3 rings (SSSR count). The molecule has 8 nitrogen and oxygen atoms in total. The van der Waals surface area contributed by atoms with Crippen molar-refractivity contribution >= 4 is 29.0 Å². The molecule has 1 aliphatic heterocycles. The van der Waals surface area contributed by atoms with Crippen LogP contribution < -0.4 is 10.2 Å². The van der Waals surface area contributed by atoms with Gasteiger partial charge in [0.15, 0.2) is 0 Å². The zero-order valence-corrected chi connectivity index (χ0v) is 15.2. The molecule has 1 atom stereocenters. The highest BCUT2D eigenvalue weighted by Gasteiger charge is 2.49. The minimum Gasteiger partial charge on any atom is -0.407 e. The Bertz CT molecular complexity index is 782. The SMILES string of the molecule is CCc1nnc(CCNC(=O)O[C@@]2(O)CCN(c3ccccc3)C2=O)s1. The second-order valence-corrected chi connectivity index (χ2v) is 6.98. The molecular weight excluding hydrogens is 356 g/mol. The molecule has 1 fully saturated rings. The summed E-state index contributed by atoms with van der Waals surface area (Å²) in [5.41, 5.74) is 0.653. The van der Waals surface area contributed by atoms with Gasteiger partial charge in [0.25, 0.3) is 11.7 Å². The summed E-state index contributed by atoms with van der Waals surface area (Å²) in [5.74, 6) is -2.78. The molecule has 1 aromatic carbocycles. The zero-order valence-electron chi connectivity index (χ0n) is 14.3. The van der Waals surface area contributed by atoms with E-state index in [4.69, 9.17) is 4.74 Å². The van der Waals surface area contributed by atoms with E-state index in [0.717, 1.165) is 16.4 Å². The number of ether oxygens (including phenoxy) is 1. The van der Waals surface area contributed by atoms with Crippen molar-refractivity contribution in [1.29, 1.82) is 0 Å². The van der Waals surface area contributed by atoms with Crippen LogP contribution in [0.3, 0.4) is 0 Å². The molecule has 0 unspecified atom stereocenters. The van der Waals surface area contributed by atoms with E-state index in [0.29, 0.717) is 12.1 Å². The van der Waals surface area contributed by atoms with Crippen LogP contribution in [0, 0.1) is 0 Å². The van der Waals surface area contributed by atoms with Gasteiger partial charge in [-0.3, -0.25) is 4.79 Å². The van der Waals surface area contributed by atoms with Gasteiger partial charge < -0.3 is 20.1 Å². The van der Waals surface area contributed by atoms with Crippen molar-refractivity contribution in [2.24, 2.45) is 0 Å². The Kier molecular flexibility index (Phi) is 5.48. The number of nitrogens with zero attached hydrogens (tertiary/aromatic N) is 3. The summed E-state index contributed by atoms with van der Waals surface area (Å²) in [5, 5.41) is 22.7. The van der Waals surface area contributed by atoms with E-state index in [1.807, 2.05) is 13.0 Å². The van der Waals surface area contributed by atoms with Gasteiger partial charge in [-0.05, 0) is 18.6 Å². The summed E-state index contributed by atoms with van der Waals surface area (Å²) in [6.45, 7) is 2.55. The Morgan fingerprint density at radius 2 is 2.08 bits per heavy atom. The molecule has 26 heavy (non-hydrogen) atoms. The van der Waals surface area contributed by atoms with Crippen LogP contribution >= 0.6 is 11.3 Å². The summed E-state index contributed by atoms with van der Waals surface area (Å²) < 4.78 is 5.01. The Balaban J connectivity index is 1.51. The third kappa shape index (κ3) is 4.00. The van der Waals surface area contributed by atoms with Gasteiger partial charge >= 0.3 is 6.09 Å². The van der Waals surface area contributed by atoms with Crippen molar-refractivity contribution in [3.05, 3.63) is 40.3 Å². The summed E-state index contributed by atoms with van der Waals surface area (Å²) in [6, 6.07) is 8.95. The zero-order chi connectivity index (χ0) is 18.6. The molecule has 0 radical (unpaired) electrons. The normalized spacial score (nSPS) is 19.6. The van der Waals surface area contributed by atoms with Gasteiger partial charge in [0.1, 0.15) is 10.0 Å². The number of alkyl carbamates (subject to hydrolysis) is 1. The van der Waals surface area contributed by atoms with E-state index in [9.17, 15) is 14.7 Å². The number of carbonyl (C=O) groups excluding carboxylic acids is 2. The number of aryl methyl sites for hydroxylation is 1. The van der Waals surface area contributed by atoms with Crippen molar-refractivity contribution in [2.45, 2.75) is 32.0 Å². The van der Waals surface area contributed by atoms with Crippen LogP contribution in [0.25, 0.3) is 0 Å². The van der Waals surface area contributed by atoms with E-state index in [-0.39, 0.29) is 19.5 Å². The number of aromatic nitrogens is 2. The molecule has 0 bridgehead atoms. The van der Waals surface area contributed by atoms with Crippen molar-refractivity contribution in [3.8, 4) is 0 Å². The summed E-state index contributed by atoms with van der Waals surface area (Å²) in [4.78, 5) is 25.8. The lowest BCUT2D eigenvalue weighted by molar-refractivity contribution is -0.175. The smallest absolute Gasteiger partial charge is 0.407 e. The molecule has 2 amide bonds. The Morgan fingerprint density at radius 3 is 2.77 bits per heavy atom. The van der Waals surface area contributed by atoms with Gasteiger partial charge in [0, 0.05) is 31.6 Å². The Hall–Kier alpha value is -2.52. The molecule has 1 aliphatic rings. The number of aliphatic hydroxyl groups is 1. The third-order valence-electron chi connectivity index (χ3n) is 4.00. The maximum absolute atomic E-state index is 12.4. The number of nitrogens with one attached hydrogen (secondary N) is 1. The summed E-state index contributed by atoms with van der Waals surface area (Å²) in [7, 11) is 0. The molecule has 2 N–H and O–H groups in total. The molecule has 0 aliphatic carbocycles. The van der Waals surface area contributed by atoms with Gasteiger partial charge in [-0.25, -0.2) is 4.79 Å². The average molecular weight is 376 g/mol. The highest BCUT2D eigenvalue weighted by molar-refractivity contribution is 7.11. The van der Waals surface area contributed by atoms with Gasteiger partial charge in [-0.15, -0.1) is 21.5 Å². The number of para-hydroxylation sites is 1. The molecule has 0 spiro atoms. The average Bonchev–Trinajstić information content (AvgIpc) is 3.21. The lowest BCUT2D eigenvalue weighted by Gasteiger charge is -2.22. The fraction of sp³-hybridized carbons (Fsp3) is 0.412. The van der Waals surface area contributed by atoms with Crippen molar-refractivity contribution in [3.63, 3.8) is 0 Å². The number of hydrogen-bond acceptors (Lipinski definition) is 7. The summed E-state index contributed by atoms with van der Waals surface area (Å²) >= 11 is 1.49. The second-order valence-electron chi connectivity index (χ2n) is 5.84. The number of benzene rings is 1. The Labute approximate surface area is 154 Å². The minimum absolute atomic E-state index is 0.0183. The highest BCUT2D eigenvalue weighted by Crippen LogP contribution is 2.29. The maximum Gasteiger partial charge on any atom is 0.410 e. The molecule has 9 heteroatoms. The molecular formula is C17H20N4O4S. The van der Waals surface area contributed by atoms with E-state index in [1.54, 1.807) is 24.3 Å². The van der Waals surface area contributed by atoms with E-state index >= 15 is 0 Å². The fourth-order valence-corrected chi connectivity index (χ4v) is 3.41. The first-order valence-electron chi connectivity index (χ1n) is 8.39. The van der Waals surface area contributed by atoms with Gasteiger partial charge in [0.2, 0.25) is 0 Å². The van der Waals surface area contributed by atoms with Crippen molar-refractivity contribution in [1.82, 2.24) is 15.5 Å². The van der Waals surface area contributed by atoms with E-state index in [1.165, 1.54) is 16.2 Å². The molecule has 1 saturated heterocycles. The standard InChI is InChI=1S/C17H20N4O4S/c1-2-13-19-20-14(26-13)8-10-18-16(23)25-17(24)9-11-21(15(17)22)12-6-4-3-5-7-12/h3-7,24H,2,8-11H2,1H3,(H,18,23)/t17-/m0/s1. The van der Waals surface area contributed by atoms with Crippen LogP contribution in [-0.4, -0.2) is 46.2 Å². The van der Waals surface area contributed by atoms with Crippen LogP contribution in [-0.2, 0) is 22.4 Å². The van der Waals surface area contributed by atoms with Gasteiger partial charge in [-0.1, -0.05) is 25.1 Å². The molecule has 0 saturated carbocycles. The van der Waals surface area contributed by atoms with Crippen LogP contribution in [0.5, 0.6) is 0 Å². The molecule has 1 aromatic heterocycles. The largest absolute Gasteiger partial charge is 0.410 e. The van der Waals surface area contributed by atoms with Crippen LogP contribution in [0.4, 0.5) is 10.5 Å². The predicted octanol–water partition coefficient (Wildman–Crippen LogP) is 1.49. The maximum atomic E-state index is 12.4. The molecule has 2 aromatic rings. The molecule has 138 valence electrons. The number of hydrogen-bond donors (Lipinski definition) is 2. The fourth-order valence-electron chi connectivity index (χ4n) is 2.62. The Morgan fingerprint density at radius 1 is 1.35 bits per heavy atom. The van der Waals surface area contributed by atoms with E-state index < -0.39 is 17.8 Å². The second kappa shape index (κ2) is 7.79. The van der Waals surface area contributed by atoms with Crippen molar-refractivity contribution < 1.29 is 19.4 Å². The molecule has 2 heterocycles. The van der Waals surface area contributed by atoms with Gasteiger partial charge in [0.05, 0.1) is 0 Å². The number of anilines is 1. The minimum atomic E-state index is -2.14. The van der Waals surface area contributed by atoms with E-state index in [2.05, 4.69) is 15.5 Å². The first kappa shape index (κ1) is 18.3. The first-order valence-corrected chi connectivity index (χ1v) is 9.21. The van der Waals surface area contributed by atoms with Crippen LogP contribution in [0.2, 0.25) is 0 Å². The number of rotatable bonds is 6. The quantitative estimate of drug-likeness (QED) is 0.740. The monoisotopic (exact) mass is 376 g/mol. The predicted molar refractivity (Wildman–Crippen MR) is 95.8 cm³/mol. The highest BCUT2D eigenvalue weighted by atomic mass is 32.1. The van der Waals surface area contributed by atoms with Crippen molar-refractivity contribution in [2.75, 3.05) is 18.0 Å². The van der Waals surface area contributed by atoms with Crippen LogP contribution in [0.1, 0.15) is 23.4 Å². The topological polar surface area (TPSA) is 105 Å². The lowest BCUT2D eigenvalue weighted by atomic mass is 10.2. The first-order chi connectivity index (χ1) is 12.5. The lowest BCUT2D eigenvalue weighted by Crippen LogP contribution is -2.46. The number of carbonyl (C=O) groups is 2. The number of amides is 2.